The molecule has 0 radical (unpaired) electrons. The van der Waals surface area contributed by atoms with Gasteiger partial charge in [-0.15, -0.1) is 0 Å². The second-order valence-corrected chi connectivity index (χ2v) is 6.45. The molecular weight excluding hydrogens is 176 g/mol. The van der Waals surface area contributed by atoms with E-state index in [2.05, 4.69) is 0 Å². The Balaban J connectivity index is 4.17. The van der Waals surface area contributed by atoms with Crippen molar-refractivity contribution in [2.45, 2.75) is 19.8 Å². The molecule has 0 spiro atoms. The van der Waals surface area contributed by atoms with Crippen molar-refractivity contribution in [1.82, 2.24) is 0 Å². The van der Waals surface area contributed by atoms with Gasteiger partial charge >= 0.3 is 0 Å². The van der Waals surface area contributed by atoms with Crippen LogP contribution in [0.25, 0.3) is 0 Å². The molecular formula is C4H10O4S2. The first-order valence-electron chi connectivity index (χ1n) is 2.88. The predicted molar refractivity (Wildman–Crippen MR) is 39.0 cm³/mol. The van der Waals surface area contributed by atoms with Gasteiger partial charge in [0.25, 0.3) is 8.87 Å². The first-order chi connectivity index (χ1) is 4.50. The van der Waals surface area contributed by atoms with Gasteiger partial charge in [-0.05, 0) is 6.42 Å². The summed E-state index contributed by atoms with van der Waals surface area (Å²) in [5.74, 6) is -0.248. The second-order valence-electron chi connectivity index (χ2n) is 1.86. The van der Waals surface area contributed by atoms with E-state index < -0.39 is 18.6 Å². The molecule has 0 rings (SSSR count). The summed E-state index contributed by atoms with van der Waals surface area (Å²) < 4.78 is 40.9. The zero-order valence-corrected chi connectivity index (χ0v) is 7.32. The lowest BCUT2D eigenvalue weighted by Gasteiger charge is -1.91. The predicted octanol–water partition coefficient (Wildman–Crippen LogP) is -0.272. The molecule has 0 saturated carbocycles. The average Bonchev–Trinajstić information content (AvgIpc) is 1.84. The molecule has 6 heteroatoms. The largest absolute Gasteiger partial charge is 0.251 e. The van der Waals surface area contributed by atoms with Crippen LogP contribution in [-0.2, 0) is 18.6 Å². The van der Waals surface area contributed by atoms with Gasteiger partial charge in [0.15, 0.2) is 0 Å². The fourth-order valence-corrected chi connectivity index (χ4v) is 2.04. The Kier molecular flexibility index (Phi) is 3.88. The van der Waals surface area contributed by atoms with Crippen LogP contribution in [-0.4, -0.2) is 22.6 Å². The number of hydrogen-bond donors (Lipinski definition) is 1. The van der Waals surface area contributed by atoms with E-state index in [4.69, 9.17) is 0 Å². The molecule has 0 bridgehead atoms. The summed E-state index contributed by atoms with van der Waals surface area (Å²) in [4.78, 5) is 0. The molecule has 0 aromatic rings. The summed E-state index contributed by atoms with van der Waals surface area (Å²) in [6.45, 7) is 1.80. The molecule has 0 unspecified atom stereocenters. The highest BCUT2D eigenvalue weighted by atomic mass is 33.1. The fraction of sp³-hybridized carbons (Fsp3) is 1.00. The highest BCUT2D eigenvalue weighted by Crippen LogP contribution is 1.96. The minimum atomic E-state index is -3.81. The monoisotopic (exact) mass is 186 g/mol. The highest BCUT2D eigenvalue weighted by molar-refractivity contribution is 8.59. The third-order valence-electron chi connectivity index (χ3n) is 0.983. The minimum Gasteiger partial charge on any atom is -0.216 e. The van der Waals surface area contributed by atoms with Crippen LogP contribution in [0.2, 0.25) is 0 Å². The number of rotatable bonds is 4. The Labute approximate surface area is 61.5 Å². The average molecular weight is 186 g/mol. The molecule has 0 saturated heterocycles. The SMILES string of the molecule is CCCCS(=O)(=O)[SH](=O)=O. The Morgan fingerprint density at radius 2 is 1.80 bits per heavy atom. The van der Waals surface area contributed by atoms with Crippen molar-refractivity contribution in [2.75, 3.05) is 5.75 Å². The van der Waals surface area contributed by atoms with E-state index in [0.29, 0.717) is 12.8 Å². The highest BCUT2D eigenvalue weighted by Gasteiger charge is 2.11. The van der Waals surface area contributed by atoms with Crippen LogP contribution in [0.3, 0.4) is 0 Å². The van der Waals surface area contributed by atoms with Gasteiger partial charge in [0, 0.05) is 0 Å². The summed E-state index contributed by atoms with van der Waals surface area (Å²) in [5.41, 5.74) is 0. The molecule has 0 aliphatic carbocycles. The molecule has 0 N–H and O–H groups in total. The van der Waals surface area contributed by atoms with Crippen LogP contribution in [0.5, 0.6) is 0 Å². The zero-order valence-electron chi connectivity index (χ0n) is 5.61. The van der Waals surface area contributed by atoms with Crippen molar-refractivity contribution in [3.05, 3.63) is 0 Å². The van der Waals surface area contributed by atoms with E-state index in [1.165, 1.54) is 0 Å². The third kappa shape index (κ3) is 3.17. The fourth-order valence-electron chi connectivity index (χ4n) is 0.401. The molecule has 0 aromatic heterocycles. The van der Waals surface area contributed by atoms with Crippen molar-refractivity contribution in [1.29, 1.82) is 0 Å². The van der Waals surface area contributed by atoms with E-state index in [1.807, 2.05) is 0 Å². The molecule has 0 atom stereocenters. The van der Waals surface area contributed by atoms with Crippen molar-refractivity contribution >= 4 is 18.6 Å². The number of thiol groups is 1. The normalized spacial score (nSPS) is 12.2. The quantitative estimate of drug-likeness (QED) is 0.484. The van der Waals surface area contributed by atoms with Crippen LogP contribution in [0.15, 0.2) is 0 Å². The smallest absolute Gasteiger partial charge is 0.216 e. The molecule has 0 aliphatic heterocycles. The third-order valence-corrected chi connectivity index (χ3v) is 4.15. The lowest BCUT2D eigenvalue weighted by atomic mass is 10.4. The lowest BCUT2D eigenvalue weighted by molar-refractivity contribution is 0.589. The van der Waals surface area contributed by atoms with Crippen molar-refractivity contribution in [3.8, 4) is 0 Å². The maximum Gasteiger partial charge on any atom is 0.251 e. The minimum absolute atomic E-state index is 0.248. The maximum atomic E-state index is 10.5. The van der Waals surface area contributed by atoms with Crippen molar-refractivity contribution in [2.24, 2.45) is 0 Å². The van der Waals surface area contributed by atoms with Gasteiger partial charge in [-0.25, -0.2) is 16.8 Å². The topological polar surface area (TPSA) is 68.3 Å². The van der Waals surface area contributed by atoms with E-state index >= 15 is 0 Å². The van der Waals surface area contributed by atoms with Crippen LogP contribution in [0, 0.1) is 0 Å². The molecule has 0 aromatic carbocycles. The van der Waals surface area contributed by atoms with Gasteiger partial charge in [0.05, 0.1) is 5.75 Å². The molecule has 0 amide bonds. The first kappa shape index (κ1) is 9.90. The summed E-state index contributed by atoms with van der Waals surface area (Å²) in [6.07, 6.45) is 1.09. The summed E-state index contributed by atoms with van der Waals surface area (Å²) >= 11 is 0. The van der Waals surface area contributed by atoms with Gasteiger partial charge in [-0.3, -0.25) is 0 Å². The number of hydrogen-bond acceptors (Lipinski definition) is 4. The maximum absolute atomic E-state index is 10.5. The summed E-state index contributed by atoms with van der Waals surface area (Å²) in [7, 11) is -7.09. The van der Waals surface area contributed by atoms with Crippen molar-refractivity contribution < 1.29 is 16.8 Å². The zero-order chi connectivity index (χ0) is 8.20. The van der Waals surface area contributed by atoms with Crippen LogP contribution in [0.4, 0.5) is 0 Å². The molecule has 0 aliphatic rings. The Morgan fingerprint density at radius 3 is 2.10 bits per heavy atom. The van der Waals surface area contributed by atoms with E-state index in [9.17, 15) is 16.8 Å². The van der Waals surface area contributed by atoms with Crippen LogP contribution >= 0.6 is 0 Å². The molecule has 0 fully saturated rings. The van der Waals surface area contributed by atoms with E-state index in [1.54, 1.807) is 6.92 Å². The van der Waals surface area contributed by atoms with Crippen molar-refractivity contribution in [3.63, 3.8) is 0 Å². The van der Waals surface area contributed by atoms with Gasteiger partial charge in [0.1, 0.15) is 0 Å². The van der Waals surface area contributed by atoms with Gasteiger partial charge in [-0.1, -0.05) is 13.3 Å². The Bertz CT molecular complexity index is 240. The van der Waals surface area contributed by atoms with Crippen LogP contribution < -0.4 is 0 Å². The van der Waals surface area contributed by atoms with Gasteiger partial charge < -0.3 is 0 Å². The van der Waals surface area contributed by atoms with Gasteiger partial charge in [0.2, 0.25) is 9.74 Å². The Hall–Kier alpha value is -0.100. The van der Waals surface area contributed by atoms with E-state index in [0.717, 1.165) is 0 Å². The number of unbranched alkanes of at least 4 members (excludes halogenated alkanes) is 1. The van der Waals surface area contributed by atoms with Gasteiger partial charge in [-0.2, -0.15) is 0 Å². The molecule has 62 valence electrons. The summed E-state index contributed by atoms with van der Waals surface area (Å²) in [6, 6.07) is 0. The standard InChI is InChI=1S/C4H10O4S2/c1-2-3-4-10(7,8)9(5)6/h9H,2-4H2,1H3. The van der Waals surface area contributed by atoms with Crippen LogP contribution in [0.1, 0.15) is 19.8 Å². The molecule has 4 nitrogen and oxygen atoms in total. The lowest BCUT2D eigenvalue weighted by Crippen LogP contribution is -2.06. The van der Waals surface area contributed by atoms with E-state index in [-0.39, 0.29) is 5.75 Å². The second kappa shape index (κ2) is 3.92. The summed E-state index contributed by atoms with van der Waals surface area (Å²) in [5, 5.41) is 0. The first-order valence-corrected chi connectivity index (χ1v) is 6.31. The molecule has 0 heterocycles. The molecule has 10 heavy (non-hydrogen) atoms. The Morgan fingerprint density at radius 1 is 1.30 bits per heavy atom.